The van der Waals surface area contributed by atoms with E-state index in [0.29, 0.717) is 43.6 Å². The van der Waals surface area contributed by atoms with Crippen LogP contribution in [-0.4, -0.2) is 83.4 Å². The molecule has 3 fully saturated rings. The van der Waals surface area contributed by atoms with Crippen molar-refractivity contribution in [2.75, 3.05) is 27.2 Å². The van der Waals surface area contributed by atoms with E-state index in [1.165, 1.54) is 79.0 Å². The molecule has 13 heteroatoms. The molecule has 1 unspecified atom stereocenters. The summed E-state index contributed by atoms with van der Waals surface area (Å²) in [5.41, 5.74) is 9.42. The zero-order chi connectivity index (χ0) is 61.9. The molecule has 3 atom stereocenters. The number of carbonyl (C=O) groups is 3. The van der Waals surface area contributed by atoms with Gasteiger partial charge >= 0.3 is 39.2 Å². The number of hydrogen-bond acceptors (Lipinski definition) is 8. The van der Waals surface area contributed by atoms with Gasteiger partial charge in [-0.05, 0) is 154 Å². The van der Waals surface area contributed by atoms with Gasteiger partial charge in [-0.15, -0.1) is 0 Å². The van der Waals surface area contributed by atoms with Crippen LogP contribution in [0.15, 0.2) is 161 Å². The van der Waals surface area contributed by atoms with Crippen LogP contribution in [0.4, 0.5) is 4.79 Å². The molecule has 0 bridgehead atoms. The molecule has 0 radical (unpaired) electrons. The van der Waals surface area contributed by atoms with E-state index in [1.54, 1.807) is 20.3 Å². The molecule has 86 heavy (non-hydrogen) atoms. The first kappa shape index (κ1) is 68.2. The molecular weight excluding hydrogens is 1300 g/mol. The Hall–Kier alpha value is -5.28. The van der Waals surface area contributed by atoms with E-state index in [1.807, 2.05) is 116 Å². The molecule has 2 aliphatic heterocycles. The van der Waals surface area contributed by atoms with Crippen LogP contribution in [0.1, 0.15) is 198 Å². The molecular formula is C73H91BrCuIN6O4. The summed E-state index contributed by atoms with van der Waals surface area (Å²) in [6.45, 7) is 16.2. The molecule has 1 amide bonds. The first-order valence-electron chi connectivity index (χ1n) is 30.9. The van der Waals surface area contributed by atoms with Crippen LogP contribution in [-0.2, 0) is 34.9 Å². The van der Waals surface area contributed by atoms with Gasteiger partial charge in [-0.25, -0.2) is 9.48 Å². The summed E-state index contributed by atoms with van der Waals surface area (Å²) < 4.78 is 8.63. The molecule has 4 aliphatic rings. The maximum atomic E-state index is 13.5. The zero-order valence-electron chi connectivity index (χ0n) is 52.1. The Morgan fingerprint density at radius 1 is 0.605 bits per heavy atom. The summed E-state index contributed by atoms with van der Waals surface area (Å²) in [7, 11) is 4.11. The third-order valence-electron chi connectivity index (χ3n) is 17.3. The van der Waals surface area contributed by atoms with Gasteiger partial charge in [-0.3, -0.25) is 14.6 Å². The Kier molecular flexibility index (Phi) is 26.0. The second-order valence-corrected chi connectivity index (χ2v) is 26.6. The van der Waals surface area contributed by atoms with E-state index < -0.39 is 5.60 Å². The van der Waals surface area contributed by atoms with Crippen LogP contribution >= 0.6 is 36.3 Å². The van der Waals surface area contributed by atoms with E-state index in [4.69, 9.17) is 9.84 Å². The number of benzene rings is 6. The van der Waals surface area contributed by atoms with Gasteiger partial charge in [0.05, 0.1) is 12.2 Å². The number of halogens is 2. The quantitative estimate of drug-likeness (QED) is 0.0671. The topological polar surface area (TPSA) is 118 Å². The van der Waals surface area contributed by atoms with E-state index in [0.717, 1.165) is 64.1 Å². The van der Waals surface area contributed by atoms with Gasteiger partial charge in [0.25, 0.3) is 0 Å². The number of hydrogen-bond donors (Lipinski definition) is 2. The number of ketones is 2. The minimum atomic E-state index is -0.498. The van der Waals surface area contributed by atoms with Gasteiger partial charge in [0.15, 0.2) is 11.6 Å². The predicted octanol–water partition coefficient (Wildman–Crippen LogP) is 18.0. The van der Waals surface area contributed by atoms with Crippen molar-refractivity contribution in [1.29, 1.82) is 0 Å². The molecule has 2 aliphatic carbocycles. The third kappa shape index (κ3) is 19.4. The van der Waals surface area contributed by atoms with E-state index in [-0.39, 0.29) is 34.4 Å². The number of fused-ring (bicyclic) bond motifs is 2. The van der Waals surface area contributed by atoms with Gasteiger partial charge in [0.1, 0.15) is 11.1 Å². The summed E-state index contributed by atoms with van der Waals surface area (Å²) in [5, 5.41) is 12.5. The van der Waals surface area contributed by atoms with Crippen LogP contribution in [0, 0.1) is 0 Å². The van der Waals surface area contributed by atoms with Crippen LogP contribution in [0.25, 0.3) is 16.6 Å². The van der Waals surface area contributed by atoms with Gasteiger partial charge < -0.3 is 20.3 Å². The average molecular weight is 1390 g/mol. The van der Waals surface area contributed by atoms with E-state index >= 15 is 0 Å². The number of aliphatic imine (C=N–C) groups is 1. The first-order chi connectivity index (χ1) is 41.3. The SMILES string of the molecule is Brc1ccc(C2CCCCC2)cc1.CC(C)(C)OC(=O)N1CCCC(c2ccc(-n3cc4cccc(C(=O)CC(C)(C)c5ccccc5)c4n3)cc2)C1.CC(C)(CC(=O)c1cccc2c1CN=C2)c1ccccc1.CN[C@H]1CCCC[C@@H]1NC.[Cu][I]. The molecule has 1 aromatic heterocycles. The average Bonchev–Trinajstić information content (AvgIpc) is 2.00. The Labute approximate surface area is 541 Å². The van der Waals surface area contributed by atoms with Crippen LogP contribution in [0.3, 0.4) is 0 Å². The number of Topliss-reactive ketones (excluding diaryl/α,β-unsaturated/α-hetero) is 2. The molecule has 0 spiro atoms. The normalized spacial score (nSPS) is 17.7. The summed E-state index contributed by atoms with van der Waals surface area (Å²) in [6, 6.07) is 50.7. The fourth-order valence-electron chi connectivity index (χ4n) is 12.4. The molecule has 3 heterocycles. The van der Waals surface area contributed by atoms with Crippen molar-refractivity contribution in [3.8, 4) is 5.69 Å². The van der Waals surface area contributed by atoms with Crippen molar-refractivity contribution in [1.82, 2.24) is 25.3 Å². The van der Waals surface area contributed by atoms with Gasteiger partial charge in [0, 0.05) is 77.3 Å². The zero-order valence-corrected chi connectivity index (χ0v) is 56.8. The number of carbonyl (C=O) groups excluding carboxylic acids is 3. The number of ether oxygens (including phenoxy) is 1. The van der Waals surface area contributed by atoms with Crippen molar-refractivity contribution < 1.29 is 31.9 Å². The Bertz CT molecular complexity index is 3270. The number of rotatable bonds is 13. The molecule has 2 N–H and O–H groups in total. The summed E-state index contributed by atoms with van der Waals surface area (Å²) in [5.74, 6) is 1.39. The molecule has 7 aromatic rings. The Morgan fingerprint density at radius 3 is 1.69 bits per heavy atom. The monoisotopic (exact) mass is 1380 g/mol. The van der Waals surface area contributed by atoms with Crippen molar-refractivity contribution in [2.24, 2.45) is 4.99 Å². The number of amides is 1. The number of aromatic nitrogens is 2. The molecule has 1 saturated heterocycles. The summed E-state index contributed by atoms with van der Waals surface area (Å²) in [6.07, 6.45) is 19.0. The second kappa shape index (κ2) is 32.8. The van der Waals surface area contributed by atoms with Crippen LogP contribution < -0.4 is 10.6 Å². The predicted molar refractivity (Wildman–Crippen MR) is 364 cm³/mol. The fourth-order valence-corrected chi connectivity index (χ4v) is 12.7. The number of likely N-dealkylation sites (N-methyl/N-ethyl adjacent to an activating group) is 2. The van der Waals surface area contributed by atoms with Crippen molar-refractivity contribution in [3.63, 3.8) is 0 Å². The maximum absolute atomic E-state index is 13.5. The van der Waals surface area contributed by atoms with Gasteiger partial charge in [0.2, 0.25) is 0 Å². The van der Waals surface area contributed by atoms with E-state index in [9.17, 15) is 14.4 Å². The Balaban J connectivity index is 0.000000189. The molecule has 462 valence electrons. The summed E-state index contributed by atoms with van der Waals surface area (Å²) in [4.78, 5) is 44.9. The second-order valence-electron chi connectivity index (χ2n) is 25.7. The molecule has 11 rings (SSSR count). The van der Waals surface area contributed by atoms with Crippen molar-refractivity contribution >= 4 is 71.1 Å². The van der Waals surface area contributed by atoms with Gasteiger partial charge in [-0.1, -0.05) is 191 Å². The van der Waals surface area contributed by atoms with Crippen LogP contribution in [0.5, 0.6) is 0 Å². The van der Waals surface area contributed by atoms with Crippen molar-refractivity contribution in [3.05, 3.63) is 201 Å². The summed E-state index contributed by atoms with van der Waals surface area (Å²) >= 11 is 9.34. The number of nitrogens with zero attached hydrogens (tertiary/aromatic N) is 4. The number of piperidine rings is 1. The van der Waals surface area contributed by atoms with Crippen molar-refractivity contribution in [2.45, 2.75) is 179 Å². The molecule has 10 nitrogen and oxygen atoms in total. The van der Waals surface area contributed by atoms with Crippen LogP contribution in [0.2, 0.25) is 0 Å². The molecule has 2 saturated carbocycles. The standard InChI is InChI=1S/C34H39N3O3.C19H19NO.C12H15Br.C8H18N2.Cu.HI/c1-33(2,3)40-32(39)36-20-10-12-25(22-36)24-16-18-28(19-17-24)37-23-26-11-9-15-29(31(26)35-37)30(38)21-34(4,5)27-13-7-6-8-14-27;1-19(2,15-8-4-3-5-9-15)11-18(21)16-10-6-7-14-12-20-13-17(14)16;13-12-8-6-11(7-9-12)10-4-2-1-3-5-10;1-9-7-5-3-4-6-8(7)10-2;;/h6-9,11,13-19,23,25H,10,12,20-22H2,1-5H3;3-10,12H,11,13H2,1-2H3;6-10H,1-5H2;7-10H,3-6H2,1-2H3;;1H/q;;;;+1;/p-1/t;;;7-,8-;;/m...0../s1. The third-order valence-corrected chi connectivity index (χ3v) is 17.8. The van der Waals surface area contributed by atoms with E-state index in [2.05, 4.69) is 159 Å². The fraction of sp³-hybridized carbons (Fsp3) is 0.438. The number of nitrogens with one attached hydrogen (secondary N) is 2. The van der Waals surface area contributed by atoms with Gasteiger partial charge in [-0.2, -0.15) is 5.10 Å². The Morgan fingerprint density at radius 2 is 1.12 bits per heavy atom. The minimum absolute atomic E-state index is 0.0897. The first-order valence-corrected chi connectivity index (χ1v) is 34.7. The number of likely N-dealkylation sites (tertiary alicyclic amines) is 1. The molecule has 6 aromatic carbocycles.